The maximum absolute atomic E-state index is 14.5. The van der Waals surface area contributed by atoms with Crippen LogP contribution in [0.25, 0.3) is 0 Å². The number of hydrogen-bond acceptors (Lipinski definition) is 6. The molecule has 1 aromatic rings. The Labute approximate surface area is 213 Å². The number of Topliss-reactive ketones (excluding diaryl/α,β-unsaturated/α-hetero) is 1. The fourth-order valence-electron chi connectivity index (χ4n) is 6.99. The van der Waals surface area contributed by atoms with Crippen molar-refractivity contribution in [3.63, 3.8) is 0 Å². The van der Waals surface area contributed by atoms with Crippen LogP contribution in [0.3, 0.4) is 0 Å². The van der Waals surface area contributed by atoms with E-state index in [0.29, 0.717) is 23.3 Å². The van der Waals surface area contributed by atoms with E-state index in [1.165, 1.54) is 0 Å². The van der Waals surface area contributed by atoms with E-state index in [2.05, 4.69) is 25.8 Å². The van der Waals surface area contributed by atoms with E-state index in [1.807, 2.05) is 32.9 Å². The molecule has 2 fully saturated rings. The van der Waals surface area contributed by atoms with Crippen LogP contribution < -0.4 is 0 Å². The lowest BCUT2D eigenvalue weighted by Crippen LogP contribution is -2.66. The van der Waals surface area contributed by atoms with Crippen molar-refractivity contribution in [2.24, 2.45) is 22.7 Å². The first-order valence-corrected chi connectivity index (χ1v) is 13.0. The molecular formula is C29H39NO6. The van der Waals surface area contributed by atoms with Crippen molar-refractivity contribution in [3.05, 3.63) is 46.3 Å². The minimum absolute atomic E-state index is 0.0328. The van der Waals surface area contributed by atoms with Crippen LogP contribution >= 0.6 is 0 Å². The molecule has 2 N–H and O–H groups in total. The van der Waals surface area contributed by atoms with Crippen molar-refractivity contribution in [2.75, 3.05) is 6.61 Å². The van der Waals surface area contributed by atoms with Gasteiger partial charge in [-0.05, 0) is 75.5 Å². The van der Waals surface area contributed by atoms with Crippen LogP contribution in [0, 0.1) is 36.5 Å². The molecule has 1 aromatic heterocycles. The van der Waals surface area contributed by atoms with E-state index >= 15 is 0 Å². The minimum Gasteiger partial charge on any atom is -0.451 e. The van der Waals surface area contributed by atoms with E-state index in [4.69, 9.17) is 14.2 Å². The Morgan fingerprint density at radius 3 is 2.53 bits per heavy atom. The van der Waals surface area contributed by atoms with Gasteiger partial charge in [0.05, 0.1) is 17.6 Å². The predicted octanol–water partition coefficient (Wildman–Crippen LogP) is 4.57. The number of H-pyrrole nitrogens is 1. The number of aromatic nitrogens is 1. The highest BCUT2D eigenvalue weighted by Gasteiger charge is 2.72. The van der Waals surface area contributed by atoms with Gasteiger partial charge >= 0.3 is 5.97 Å². The number of rotatable bonds is 2. The molecule has 5 rings (SSSR count). The molecule has 1 saturated carbocycles. The van der Waals surface area contributed by atoms with Crippen molar-refractivity contribution in [1.29, 1.82) is 0 Å². The van der Waals surface area contributed by atoms with Crippen LogP contribution in [-0.2, 0) is 19.0 Å². The number of carbonyl (C=O) groups excluding carboxylic acids is 2. The maximum atomic E-state index is 14.5. The summed E-state index contributed by atoms with van der Waals surface area (Å²) in [6, 6.07) is 0. The summed E-state index contributed by atoms with van der Waals surface area (Å²) in [6.07, 6.45) is 4.93. The number of allylic oxidation sites excluding steroid dienone is 1. The van der Waals surface area contributed by atoms with Gasteiger partial charge in [-0.15, -0.1) is 0 Å². The normalized spacial score (nSPS) is 38.8. The highest BCUT2D eigenvalue weighted by atomic mass is 16.7. The lowest BCUT2D eigenvalue weighted by Gasteiger charge is -2.51. The van der Waals surface area contributed by atoms with Crippen LogP contribution in [0.15, 0.2) is 29.5 Å². The summed E-state index contributed by atoms with van der Waals surface area (Å²) in [5.41, 5.74) is -0.0502. The van der Waals surface area contributed by atoms with E-state index in [9.17, 15) is 14.7 Å². The molecule has 36 heavy (non-hydrogen) atoms. The van der Waals surface area contributed by atoms with Gasteiger partial charge in [-0.25, -0.2) is 4.79 Å². The minimum atomic E-state index is -1.80. The molecule has 2 heterocycles. The Morgan fingerprint density at radius 1 is 1.19 bits per heavy atom. The third kappa shape index (κ3) is 3.28. The van der Waals surface area contributed by atoms with Crippen LogP contribution in [0.5, 0.6) is 0 Å². The zero-order chi connectivity index (χ0) is 26.4. The number of aliphatic hydroxyl groups is 1. The van der Waals surface area contributed by atoms with Crippen molar-refractivity contribution in [2.45, 2.75) is 91.8 Å². The van der Waals surface area contributed by atoms with E-state index in [-0.39, 0.29) is 23.7 Å². The van der Waals surface area contributed by atoms with Gasteiger partial charge in [-0.3, -0.25) is 4.79 Å². The second-order valence-corrected chi connectivity index (χ2v) is 12.5. The van der Waals surface area contributed by atoms with Gasteiger partial charge in [0.2, 0.25) is 0 Å². The number of esters is 1. The van der Waals surface area contributed by atoms with Crippen molar-refractivity contribution >= 4 is 11.8 Å². The molecule has 1 spiro atoms. The third-order valence-corrected chi connectivity index (χ3v) is 9.58. The fraction of sp³-hybridized carbons (Fsp3) is 0.655. The zero-order valence-electron chi connectivity index (χ0n) is 22.7. The first kappa shape index (κ1) is 25.4. The third-order valence-electron chi connectivity index (χ3n) is 9.58. The Hall–Kier alpha value is -2.22. The molecule has 2 bridgehead atoms. The number of ketones is 1. The molecule has 7 nitrogen and oxygen atoms in total. The Morgan fingerprint density at radius 2 is 1.89 bits per heavy atom. The molecule has 1 aliphatic heterocycles. The summed E-state index contributed by atoms with van der Waals surface area (Å²) in [4.78, 5) is 31.1. The number of ether oxygens (including phenoxy) is 3. The largest absolute Gasteiger partial charge is 0.451 e. The molecule has 0 radical (unpaired) electrons. The Balaban J connectivity index is 1.69. The van der Waals surface area contributed by atoms with Gasteiger partial charge in [-0.2, -0.15) is 0 Å². The highest BCUT2D eigenvalue weighted by molar-refractivity contribution is 5.96. The van der Waals surface area contributed by atoms with E-state index in [1.54, 1.807) is 20.0 Å². The van der Waals surface area contributed by atoms with Gasteiger partial charge in [0.15, 0.2) is 23.3 Å². The van der Waals surface area contributed by atoms with Crippen LogP contribution in [0.1, 0.15) is 76.0 Å². The van der Waals surface area contributed by atoms with Crippen molar-refractivity contribution < 1.29 is 28.9 Å². The van der Waals surface area contributed by atoms with Gasteiger partial charge < -0.3 is 24.3 Å². The summed E-state index contributed by atoms with van der Waals surface area (Å²) in [7, 11) is 0. The lowest BCUT2D eigenvalue weighted by atomic mass is 9.63. The molecule has 3 aliphatic carbocycles. The second-order valence-electron chi connectivity index (χ2n) is 12.5. The molecule has 6 unspecified atom stereocenters. The van der Waals surface area contributed by atoms with Crippen molar-refractivity contribution in [3.8, 4) is 0 Å². The van der Waals surface area contributed by atoms with Crippen LogP contribution in [0.4, 0.5) is 0 Å². The summed E-state index contributed by atoms with van der Waals surface area (Å²) in [5.74, 6) is -1.72. The van der Waals surface area contributed by atoms with Gasteiger partial charge in [0.1, 0.15) is 6.10 Å². The second kappa shape index (κ2) is 7.89. The molecule has 0 amide bonds. The van der Waals surface area contributed by atoms with Gasteiger partial charge in [0, 0.05) is 17.8 Å². The average Bonchev–Trinajstić information content (AvgIpc) is 3.19. The Bertz CT molecular complexity index is 1170. The molecule has 7 heteroatoms. The molecule has 196 valence electrons. The number of hydrogen-bond donors (Lipinski definition) is 2. The quantitative estimate of drug-likeness (QED) is 0.459. The molecule has 0 aromatic carbocycles. The predicted molar refractivity (Wildman–Crippen MR) is 134 cm³/mol. The first-order valence-electron chi connectivity index (χ1n) is 13.0. The standard InChI is InChI=1S/C29H39NO6/c1-15-12-28-10-9-17(3)26(5,6)20(22(28)31)11-19-14-34-27(7,8)36-24(19)29(28,33)23(15)35-25(32)21-16(2)13-30-18(21)4/h11-13,17,20,23-24,30,33H,9-10,14H2,1-8H3. The zero-order valence-corrected chi connectivity index (χ0v) is 22.7. The first-order chi connectivity index (χ1) is 16.7. The Kier molecular flexibility index (Phi) is 5.57. The SMILES string of the molecule is CC1=CC23CCC(C)C(C)(C)C(C=C4COC(C)(C)OC4C2(O)C1OC(=O)c1c(C)c[nH]c1C)C3=O. The number of fused-ring (bicyclic) bond motifs is 3. The van der Waals surface area contributed by atoms with Gasteiger partial charge in [0.25, 0.3) is 0 Å². The smallest absolute Gasteiger partial charge is 0.340 e. The number of aryl methyl sites for hydroxylation is 2. The lowest BCUT2D eigenvalue weighted by molar-refractivity contribution is -0.300. The molecular weight excluding hydrogens is 458 g/mol. The highest BCUT2D eigenvalue weighted by Crippen LogP contribution is 2.62. The summed E-state index contributed by atoms with van der Waals surface area (Å²) in [5, 5.41) is 12.9. The number of aromatic amines is 1. The molecule has 4 aliphatic rings. The number of nitrogens with one attached hydrogen (secondary N) is 1. The fourth-order valence-corrected chi connectivity index (χ4v) is 6.99. The molecule has 6 atom stereocenters. The van der Waals surface area contributed by atoms with Crippen LogP contribution in [0.2, 0.25) is 0 Å². The molecule has 1 saturated heterocycles. The monoisotopic (exact) mass is 497 g/mol. The number of carbonyl (C=O) groups is 2. The average molecular weight is 498 g/mol. The topological polar surface area (TPSA) is 97.8 Å². The maximum Gasteiger partial charge on any atom is 0.340 e. The summed E-state index contributed by atoms with van der Waals surface area (Å²) in [6.45, 7) is 15.8. The summed E-state index contributed by atoms with van der Waals surface area (Å²) < 4.78 is 18.6. The van der Waals surface area contributed by atoms with Gasteiger partial charge in [-0.1, -0.05) is 32.9 Å². The van der Waals surface area contributed by atoms with E-state index < -0.39 is 40.9 Å². The summed E-state index contributed by atoms with van der Waals surface area (Å²) >= 11 is 0. The van der Waals surface area contributed by atoms with E-state index in [0.717, 1.165) is 17.6 Å². The van der Waals surface area contributed by atoms with Crippen LogP contribution in [-0.4, -0.2) is 52.0 Å². The van der Waals surface area contributed by atoms with Crippen molar-refractivity contribution in [1.82, 2.24) is 4.98 Å².